The van der Waals surface area contributed by atoms with Crippen molar-refractivity contribution in [1.29, 1.82) is 5.26 Å². The fourth-order valence-corrected chi connectivity index (χ4v) is 0.821. The van der Waals surface area contributed by atoms with Crippen molar-refractivity contribution < 1.29 is 4.39 Å². The zero-order valence-corrected chi connectivity index (χ0v) is 6.27. The van der Waals surface area contributed by atoms with E-state index in [9.17, 15) is 4.39 Å². The van der Waals surface area contributed by atoms with Gasteiger partial charge in [0.15, 0.2) is 0 Å². The predicted molar refractivity (Wildman–Crippen MR) is 38.5 cm³/mol. The molecule has 1 rings (SSSR count). The standard InChI is InChI=1S/C7H4ClFN2/c8-3-6-1-5(4-10)2-7(9)11-6/h1-2H,3H2. The van der Waals surface area contributed by atoms with E-state index in [0.29, 0.717) is 5.69 Å². The first-order valence-electron chi connectivity index (χ1n) is 2.89. The van der Waals surface area contributed by atoms with Crippen LogP contribution in [0.25, 0.3) is 0 Å². The quantitative estimate of drug-likeness (QED) is 0.476. The number of aromatic nitrogens is 1. The number of pyridine rings is 1. The summed E-state index contributed by atoms with van der Waals surface area (Å²) < 4.78 is 12.5. The normalized spacial score (nSPS) is 9.18. The molecule has 0 bridgehead atoms. The third kappa shape index (κ3) is 1.89. The summed E-state index contributed by atoms with van der Waals surface area (Å²) in [6.45, 7) is 0. The van der Waals surface area contributed by atoms with Crippen molar-refractivity contribution in [3.05, 3.63) is 29.3 Å². The van der Waals surface area contributed by atoms with E-state index in [1.54, 1.807) is 6.07 Å². The van der Waals surface area contributed by atoms with Crippen molar-refractivity contribution >= 4 is 11.6 Å². The summed E-state index contributed by atoms with van der Waals surface area (Å²) >= 11 is 5.39. The maximum Gasteiger partial charge on any atom is 0.214 e. The highest BCUT2D eigenvalue weighted by Crippen LogP contribution is 2.05. The lowest BCUT2D eigenvalue weighted by molar-refractivity contribution is 0.579. The van der Waals surface area contributed by atoms with E-state index in [4.69, 9.17) is 16.9 Å². The van der Waals surface area contributed by atoms with Crippen molar-refractivity contribution in [3.8, 4) is 6.07 Å². The molecule has 1 heterocycles. The zero-order chi connectivity index (χ0) is 8.27. The second kappa shape index (κ2) is 3.31. The molecule has 0 aliphatic rings. The molecule has 4 heteroatoms. The molecule has 0 fully saturated rings. The molecule has 11 heavy (non-hydrogen) atoms. The van der Waals surface area contributed by atoms with Crippen LogP contribution in [0.1, 0.15) is 11.3 Å². The van der Waals surface area contributed by atoms with Gasteiger partial charge in [0.2, 0.25) is 5.95 Å². The third-order valence-electron chi connectivity index (χ3n) is 1.11. The summed E-state index contributed by atoms with van der Waals surface area (Å²) in [6, 6.07) is 4.32. The molecule has 0 aromatic carbocycles. The Hall–Kier alpha value is -1.14. The lowest BCUT2D eigenvalue weighted by Crippen LogP contribution is -1.91. The van der Waals surface area contributed by atoms with Gasteiger partial charge in [-0.1, -0.05) is 0 Å². The van der Waals surface area contributed by atoms with Crippen LogP contribution >= 0.6 is 11.6 Å². The summed E-state index contributed by atoms with van der Waals surface area (Å²) in [5.41, 5.74) is 0.622. The van der Waals surface area contributed by atoms with Crippen molar-refractivity contribution in [2.45, 2.75) is 5.88 Å². The molecule has 56 valence electrons. The minimum absolute atomic E-state index is 0.118. The van der Waals surface area contributed by atoms with Crippen molar-refractivity contribution in [2.24, 2.45) is 0 Å². The van der Waals surface area contributed by atoms with Crippen LogP contribution in [-0.2, 0) is 5.88 Å². The smallest absolute Gasteiger partial charge is 0.214 e. The van der Waals surface area contributed by atoms with E-state index in [1.165, 1.54) is 6.07 Å². The van der Waals surface area contributed by atoms with Gasteiger partial charge < -0.3 is 0 Å². The van der Waals surface area contributed by atoms with Gasteiger partial charge in [-0.2, -0.15) is 9.65 Å². The topological polar surface area (TPSA) is 36.7 Å². The molecular weight excluding hydrogens is 167 g/mol. The van der Waals surface area contributed by atoms with Crippen LogP contribution < -0.4 is 0 Å². The van der Waals surface area contributed by atoms with Gasteiger partial charge in [0.05, 0.1) is 23.2 Å². The average molecular weight is 171 g/mol. The lowest BCUT2D eigenvalue weighted by Gasteiger charge is -1.94. The minimum Gasteiger partial charge on any atom is -0.223 e. The Labute approximate surface area is 68.2 Å². The van der Waals surface area contributed by atoms with Crippen molar-refractivity contribution in [3.63, 3.8) is 0 Å². The van der Waals surface area contributed by atoms with Crippen LogP contribution in [-0.4, -0.2) is 4.98 Å². The van der Waals surface area contributed by atoms with E-state index in [1.807, 2.05) is 0 Å². The van der Waals surface area contributed by atoms with Crippen LogP contribution in [0, 0.1) is 17.3 Å². The molecule has 0 spiro atoms. The molecular formula is C7H4ClFN2. The van der Waals surface area contributed by atoms with E-state index in [0.717, 1.165) is 6.07 Å². The van der Waals surface area contributed by atoms with Gasteiger partial charge in [-0.25, -0.2) is 4.98 Å². The number of rotatable bonds is 1. The molecule has 0 radical (unpaired) electrons. The molecule has 0 N–H and O–H groups in total. The molecule has 0 saturated heterocycles. The van der Waals surface area contributed by atoms with E-state index in [-0.39, 0.29) is 11.4 Å². The fraction of sp³-hybridized carbons (Fsp3) is 0.143. The highest BCUT2D eigenvalue weighted by Gasteiger charge is 1.99. The summed E-state index contributed by atoms with van der Waals surface area (Å²) in [5, 5.41) is 8.39. The van der Waals surface area contributed by atoms with Gasteiger partial charge >= 0.3 is 0 Å². The van der Waals surface area contributed by atoms with Crippen molar-refractivity contribution in [1.82, 2.24) is 4.98 Å². The molecule has 0 aliphatic heterocycles. The molecule has 1 aromatic rings. The number of hydrogen-bond donors (Lipinski definition) is 0. The second-order valence-electron chi connectivity index (χ2n) is 1.92. The maximum absolute atomic E-state index is 12.5. The summed E-state index contributed by atoms with van der Waals surface area (Å²) in [7, 11) is 0. The second-order valence-corrected chi connectivity index (χ2v) is 2.18. The summed E-state index contributed by atoms with van der Waals surface area (Å²) in [5.74, 6) is -0.549. The Bertz CT molecular complexity index is 306. The monoisotopic (exact) mass is 170 g/mol. The Kier molecular flexibility index (Phi) is 2.40. The van der Waals surface area contributed by atoms with E-state index < -0.39 is 5.95 Å². The number of alkyl halides is 1. The SMILES string of the molecule is N#Cc1cc(F)nc(CCl)c1. The minimum atomic E-state index is -0.667. The number of nitrogens with zero attached hydrogens (tertiary/aromatic N) is 2. The van der Waals surface area contributed by atoms with Gasteiger partial charge in [-0.15, -0.1) is 11.6 Å². The summed E-state index contributed by atoms with van der Waals surface area (Å²) in [4.78, 5) is 3.45. The molecule has 0 saturated carbocycles. The van der Waals surface area contributed by atoms with Crippen LogP contribution in [0.3, 0.4) is 0 Å². The highest BCUT2D eigenvalue weighted by atomic mass is 35.5. The van der Waals surface area contributed by atoms with Gasteiger partial charge in [0, 0.05) is 6.07 Å². The van der Waals surface area contributed by atoms with Gasteiger partial charge in [0.1, 0.15) is 0 Å². The van der Waals surface area contributed by atoms with Crippen LogP contribution in [0.5, 0.6) is 0 Å². The van der Waals surface area contributed by atoms with E-state index in [2.05, 4.69) is 4.98 Å². The lowest BCUT2D eigenvalue weighted by atomic mass is 10.2. The van der Waals surface area contributed by atoms with E-state index >= 15 is 0 Å². The Balaban J connectivity index is 3.15. The largest absolute Gasteiger partial charge is 0.223 e. The first-order valence-corrected chi connectivity index (χ1v) is 3.42. The molecule has 0 aliphatic carbocycles. The molecule has 2 nitrogen and oxygen atoms in total. The molecule has 0 unspecified atom stereocenters. The first-order chi connectivity index (χ1) is 5.26. The number of hydrogen-bond acceptors (Lipinski definition) is 2. The third-order valence-corrected chi connectivity index (χ3v) is 1.39. The molecule has 0 amide bonds. The molecule has 0 atom stereocenters. The van der Waals surface area contributed by atoms with Crippen LogP contribution in [0.2, 0.25) is 0 Å². The zero-order valence-electron chi connectivity index (χ0n) is 5.51. The van der Waals surface area contributed by atoms with Gasteiger partial charge in [-0.05, 0) is 6.07 Å². The predicted octanol–water partition coefficient (Wildman–Crippen LogP) is 1.83. The van der Waals surface area contributed by atoms with Crippen LogP contribution in [0.4, 0.5) is 4.39 Å². The Morgan fingerprint density at radius 3 is 2.91 bits per heavy atom. The number of nitriles is 1. The highest BCUT2D eigenvalue weighted by molar-refractivity contribution is 6.16. The maximum atomic E-state index is 12.5. The Morgan fingerprint density at radius 1 is 1.64 bits per heavy atom. The average Bonchev–Trinajstić information content (AvgIpc) is 2.03. The Morgan fingerprint density at radius 2 is 2.36 bits per heavy atom. The van der Waals surface area contributed by atoms with Gasteiger partial charge in [0.25, 0.3) is 0 Å². The van der Waals surface area contributed by atoms with Crippen molar-refractivity contribution in [2.75, 3.05) is 0 Å². The molecule has 1 aromatic heterocycles. The summed E-state index contributed by atoms with van der Waals surface area (Å²) in [6.07, 6.45) is 0. The first kappa shape index (κ1) is 7.96. The van der Waals surface area contributed by atoms with Crippen LogP contribution in [0.15, 0.2) is 12.1 Å². The fourth-order valence-electron chi connectivity index (χ4n) is 0.684. The van der Waals surface area contributed by atoms with Gasteiger partial charge in [-0.3, -0.25) is 0 Å². The number of halogens is 2.